The Morgan fingerprint density at radius 3 is 1.47 bits per heavy atom. The molecule has 0 aliphatic heterocycles. The van der Waals surface area contributed by atoms with E-state index in [9.17, 15) is 9.59 Å². The van der Waals surface area contributed by atoms with E-state index in [4.69, 9.17) is 21.7 Å². The topological polar surface area (TPSA) is 127 Å². The molecule has 0 bridgehead atoms. The lowest BCUT2D eigenvalue weighted by molar-refractivity contribution is -0.140. The third kappa shape index (κ3) is 8.96. The fraction of sp³-hybridized carbons (Fsp3) is 0.800. The van der Waals surface area contributed by atoms with Crippen molar-refractivity contribution in [2.75, 3.05) is 0 Å². The van der Waals surface area contributed by atoms with E-state index < -0.39 is 28.8 Å². The zero-order chi connectivity index (χ0) is 14.4. The minimum Gasteiger partial charge on any atom is -0.480 e. The van der Waals surface area contributed by atoms with Gasteiger partial charge in [0.1, 0.15) is 12.1 Å². The van der Waals surface area contributed by atoms with E-state index in [0.717, 1.165) is 0 Å². The van der Waals surface area contributed by atoms with Crippen molar-refractivity contribution >= 4 is 24.6 Å². The SMILES string of the molecule is CC(C)(S)[C@H](N)C(=O)O.CC(C)[C@H](N)C(=O)O. The van der Waals surface area contributed by atoms with E-state index in [2.05, 4.69) is 12.6 Å². The first-order valence-electron chi connectivity index (χ1n) is 5.10. The number of rotatable bonds is 4. The van der Waals surface area contributed by atoms with Crippen molar-refractivity contribution in [2.24, 2.45) is 17.4 Å². The van der Waals surface area contributed by atoms with Crippen LogP contribution in [0.3, 0.4) is 0 Å². The molecule has 2 atom stereocenters. The molecule has 102 valence electrons. The third-order valence-corrected chi connectivity index (χ3v) is 2.31. The van der Waals surface area contributed by atoms with Crippen LogP contribution in [0.4, 0.5) is 0 Å². The van der Waals surface area contributed by atoms with Crippen molar-refractivity contribution < 1.29 is 19.8 Å². The lowest BCUT2D eigenvalue weighted by Gasteiger charge is -2.21. The summed E-state index contributed by atoms with van der Waals surface area (Å²) in [5, 5.41) is 16.6. The molecular formula is C10H22N2O4S. The van der Waals surface area contributed by atoms with E-state index in [1.807, 2.05) is 0 Å². The maximum absolute atomic E-state index is 10.2. The molecule has 17 heavy (non-hydrogen) atoms. The summed E-state index contributed by atoms with van der Waals surface area (Å²) in [5.74, 6) is -1.93. The number of thiol groups is 1. The third-order valence-electron chi connectivity index (χ3n) is 2.03. The second kappa shape index (κ2) is 7.52. The maximum atomic E-state index is 10.2. The quantitative estimate of drug-likeness (QED) is 0.461. The van der Waals surface area contributed by atoms with Gasteiger partial charge >= 0.3 is 11.9 Å². The average Bonchev–Trinajstić information content (AvgIpc) is 2.14. The van der Waals surface area contributed by atoms with Crippen LogP contribution in [0, 0.1) is 5.92 Å². The summed E-state index contributed by atoms with van der Waals surface area (Å²) in [6.07, 6.45) is 0. The molecule has 0 aliphatic carbocycles. The number of carboxylic acids is 2. The van der Waals surface area contributed by atoms with E-state index in [-0.39, 0.29) is 5.92 Å². The molecule has 0 heterocycles. The minimum atomic E-state index is -1.02. The molecule has 0 aromatic rings. The average molecular weight is 266 g/mol. The van der Waals surface area contributed by atoms with Gasteiger partial charge < -0.3 is 21.7 Å². The van der Waals surface area contributed by atoms with Crippen LogP contribution in [0.25, 0.3) is 0 Å². The number of carboxylic acid groups (broad SMARTS) is 2. The largest absolute Gasteiger partial charge is 0.480 e. The first kappa shape index (κ1) is 18.6. The summed E-state index contributed by atoms with van der Waals surface area (Å²) < 4.78 is -0.647. The molecule has 6 N–H and O–H groups in total. The lowest BCUT2D eigenvalue weighted by atomic mass is 10.1. The summed E-state index contributed by atoms with van der Waals surface area (Å²) >= 11 is 3.98. The van der Waals surface area contributed by atoms with Crippen LogP contribution < -0.4 is 11.5 Å². The molecule has 0 radical (unpaired) electrons. The molecule has 0 saturated heterocycles. The van der Waals surface area contributed by atoms with Gasteiger partial charge in [-0.3, -0.25) is 9.59 Å². The molecule has 0 rings (SSSR count). The van der Waals surface area contributed by atoms with Crippen LogP contribution in [0.5, 0.6) is 0 Å². The molecule has 0 aromatic carbocycles. The summed E-state index contributed by atoms with van der Waals surface area (Å²) in [7, 11) is 0. The fourth-order valence-corrected chi connectivity index (χ4v) is 0.698. The second-order valence-corrected chi connectivity index (χ2v) is 5.73. The highest BCUT2D eigenvalue weighted by Crippen LogP contribution is 2.15. The molecular weight excluding hydrogens is 244 g/mol. The van der Waals surface area contributed by atoms with Crippen molar-refractivity contribution in [1.82, 2.24) is 0 Å². The maximum Gasteiger partial charge on any atom is 0.321 e. The van der Waals surface area contributed by atoms with Gasteiger partial charge in [-0.25, -0.2) is 0 Å². The van der Waals surface area contributed by atoms with Crippen molar-refractivity contribution in [3.8, 4) is 0 Å². The number of carbonyl (C=O) groups is 2. The van der Waals surface area contributed by atoms with Gasteiger partial charge in [0, 0.05) is 4.75 Å². The highest BCUT2D eigenvalue weighted by atomic mass is 32.1. The molecule has 6 nitrogen and oxygen atoms in total. The summed E-state index contributed by atoms with van der Waals surface area (Å²) in [5.41, 5.74) is 10.4. The van der Waals surface area contributed by atoms with Gasteiger partial charge in [-0.1, -0.05) is 13.8 Å². The highest BCUT2D eigenvalue weighted by molar-refractivity contribution is 7.81. The number of aliphatic carboxylic acids is 2. The Kier molecular flexibility index (Phi) is 8.21. The number of hydrogen-bond acceptors (Lipinski definition) is 5. The summed E-state index contributed by atoms with van der Waals surface area (Å²) in [6, 6.07) is -1.61. The first-order valence-corrected chi connectivity index (χ1v) is 5.55. The van der Waals surface area contributed by atoms with Gasteiger partial charge in [-0.05, 0) is 19.8 Å². The Morgan fingerprint density at radius 2 is 1.47 bits per heavy atom. The Labute approximate surface area is 107 Å². The van der Waals surface area contributed by atoms with Gasteiger partial charge in [0.2, 0.25) is 0 Å². The first-order chi connectivity index (χ1) is 7.41. The smallest absolute Gasteiger partial charge is 0.321 e. The molecule has 0 amide bonds. The molecule has 0 saturated carbocycles. The zero-order valence-electron chi connectivity index (χ0n) is 10.5. The lowest BCUT2D eigenvalue weighted by Crippen LogP contribution is -2.45. The van der Waals surface area contributed by atoms with Crippen molar-refractivity contribution in [1.29, 1.82) is 0 Å². The van der Waals surface area contributed by atoms with Crippen LogP contribution in [0.1, 0.15) is 27.7 Å². The minimum absolute atomic E-state index is 0.0208. The van der Waals surface area contributed by atoms with Gasteiger partial charge in [0.05, 0.1) is 0 Å². The monoisotopic (exact) mass is 266 g/mol. The fourth-order valence-electron chi connectivity index (χ4n) is 0.587. The van der Waals surface area contributed by atoms with Gasteiger partial charge in [-0.15, -0.1) is 0 Å². The highest BCUT2D eigenvalue weighted by Gasteiger charge is 2.27. The molecule has 7 heteroatoms. The van der Waals surface area contributed by atoms with Gasteiger partial charge in [0.15, 0.2) is 0 Å². The molecule has 0 aliphatic rings. The zero-order valence-corrected chi connectivity index (χ0v) is 11.4. The van der Waals surface area contributed by atoms with E-state index in [0.29, 0.717) is 0 Å². The second-order valence-electron chi connectivity index (χ2n) is 4.58. The van der Waals surface area contributed by atoms with Gasteiger partial charge in [-0.2, -0.15) is 12.6 Å². The van der Waals surface area contributed by atoms with E-state index >= 15 is 0 Å². The van der Waals surface area contributed by atoms with E-state index in [1.165, 1.54) is 0 Å². The van der Waals surface area contributed by atoms with Crippen LogP contribution in [0.2, 0.25) is 0 Å². The normalized spacial score (nSPS) is 14.6. The summed E-state index contributed by atoms with van der Waals surface area (Å²) in [4.78, 5) is 20.2. The summed E-state index contributed by atoms with van der Waals surface area (Å²) in [6.45, 7) is 6.88. The Hall–Kier alpha value is -0.790. The van der Waals surface area contributed by atoms with Crippen molar-refractivity contribution in [3.63, 3.8) is 0 Å². The van der Waals surface area contributed by atoms with Gasteiger partial charge in [0.25, 0.3) is 0 Å². The van der Waals surface area contributed by atoms with Crippen LogP contribution in [-0.2, 0) is 9.59 Å². The standard InChI is InChI=1S/C5H11NO2S.C5H11NO2/c1-5(2,9)3(6)4(7)8;1-3(2)4(6)5(7)8/h3,9H,6H2,1-2H3,(H,7,8);3-4H,6H2,1-2H3,(H,7,8)/t3-;4-/m10/s1. The predicted octanol–water partition coefficient (Wildman–Crippen LogP) is 0.161. The van der Waals surface area contributed by atoms with Crippen molar-refractivity contribution in [2.45, 2.75) is 44.5 Å². The van der Waals surface area contributed by atoms with Crippen molar-refractivity contribution in [3.05, 3.63) is 0 Å². The number of hydrogen-bond donors (Lipinski definition) is 5. The number of nitrogens with two attached hydrogens (primary N) is 2. The predicted molar refractivity (Wildman–Crippen MR) is 69.1 cm³/mol. The Balaban J connectivity index is 0. The van der Waals surface area contributed by atoms with Crippen LogP contribution in [-0.4, -0.2) is 39.0 Å². The molecule has 0 aromatic heterocycles. The molecule has 0 unspecified atom stereocenters. The molecule has 0 spiro atoms. The van der Waals surface area contributed by atoms with Crippen LogP contribution in [0.15, 0.2) is 0 Å². The van der Waals surface area contributed by atoms with Crippen LogP contribution >= 0.6 is 12.6 Å². The van der Waals surface area contributed by atoms with E-state index in [1.54, 1.807) is 27.7 Å². The molecule has 0 fully saturated rings. The Bertz CT molecular complexity index is 264. The Morgan fingerprint density at radius 1 is 1.12 bits per heavy atom.